The van der Waals surface area contributed by atoms with Crippen molar-refractivity contribution in [2.45, 2.75) is 13.0 Å². The highest BCUT2D eigenvalue weighted by Gasteiger charge is 2.11. The van der Waals surface area contributed by atoms with Gasteiger partial charge in [-0.3, -0.25) is 9.59 Å². The summed E-state index contributed by atoms with van der Waals surface area (Å²) in [4.78, 5) is 23.9. The van der Waals surface area contributed by atoms with Gasteiger partial charge in [-0.05, 0) is 30.7 Å². The first-order chi connectivity index (χ1) is 11.1. The maximum Gasteiger partial charge on any atom is 0.251 e. The minimum atomic E-state index is -0.385. The smallest absolute Gasteiger partial charge is 0.251 e. The van der Waals surface area contributed by atoms with E-state index < -0.39 is 0 Å². The Kier molecular flexibility index (Phi) is 5.48. The highest BCUT2D eigenvalue weighted by Crippen LogP contribution is 2.10. The van der Waals surface area contributed by atoms with E-state index in [1.807, 2.05) is 43.3 Å². The van der Waals surface area contributed by atoms with Crippen molar-refractivity contribution in [3.63, 3.8) is 0 Å². The minimum absolute atomic E-state index is 0.118. The third-order valence-corrected chi connectivity index (χ3v) is 3.34. The summed E-state index contributed by atoms with van der Waals surface area (Å²) in [5, 5.41) is 14.2. The molecule has 0 aliphatic rings. The molecular formula is C18H17N3O2. The van der Waals surface area contributed by atoms with E-state index >= 15 is 0 Å². The molecule has 0 saturated heterocycles. The van der Waals surface area contributed by atoms with E-state index in [0.29, 0.717) is 11.1 Å². The van der Waals surface area contributed by atoms with E-state index in [1.54, 1.807) is 18.2 Å². The largest absolute Gasteiger partial charge is 0.348 e. The zero-order chi connectivity index (χ0) is 16.7. The van der Waals surface area contributed by atoms with Crippen molar-refractivity contribution in [1.82, 2.24) is 10.6 Å². The Morgan fingerprint density at radius 3 is 2.57 bits per heavy atom. The van der Waals surface area contributed by atoms with Crippen molar-refractivity contribution in [3.05, 3.63) is 71.3 Å². The van der Waals surface area contributed by atoms with E-state index in [0.717, 1.165) is 5.56 Å². The fraction of sp³-hybridized carbons (Fsp3) is 0.167. The highest BCUT2D eigenvalue weighted by molar-refractivity contribution is 5.96. The number of amides is 2. The summed E-state index contributed by atoms with van der Waals surface area (Å²) in [6, 6.07) is 17.7. The molecule has 0 unspecified atom stereocenters. The number of hydrogen-bond acceptors (Lipinski definition) is 3. The van der Waals surface area contributed by atoms with Crippen molar-refractivity contribution < 1.29 is 9.59 Å². The fourth-order valence-electron chi connectivity index (χ4n) is 2.11. The number of nitrogens with one attached hydrogen (secondary N) is 2. The van der Waals surface area contributed by atoms with Gasteiger partial charge in [0.25, 0.3) is 5.91 Å². The molecule has 2 aromatic carbocycles. The summed E-state index contributed by atoms with van der Waals surface area (Å²) in [5.74, 6) is -0.657. The molecule has 0 bridgehead atoms. The Morgan fingerprint density at radius 2 is 1.87 bits per heavy atom. The number of rotatable bonds is 5. The lowest BCUT2D eigenvalue weighted by Gasteiger charge is -2.14. The number of nitriles is 1. The maximum atomic E-state index is 12.0. The first kappa shape index (κ1) is 16.2. The zero-order valence-corrected chi connectivity index (χ0v) is 12.7. The summed E-state index contributed by atoms with van der Waals surface area (Å²) in [7, 11) is 0. The van der Waals surface area contributed by atoms with Crippen LogP contribution in [0.25, 0.3) is 0 Å². The lowest BCUT2D eigenvalue weighted by molar-refractivity contribution is -0.120. The molecule has 116 valence electrons. The van der Waals surface area contributed by atoms with Crippen LogP contribution >= 0.6 is 0 Å². The Hall–Kier alpha value is -3.13. The van der Waals surface area contributed by atoms with Crippen LogP contribution in [0, 0.1) is 11.3 Å². The predicted octanol–water partition coefficient (Wildman–Crippen LogP) is 2.17. The third-order valence-electron chi connectivity index (χ3n) is 3.34. The van der Waals surface area contributed by atoms with Gasteiger partial charge < -0.3 is 10.6 Å². The van der Waals surface area contributed by atoms with Crippen LogP contribution in [-0.4, -0.2) is 18.4 Å². The summed E-state index contributed by atoms with van der Waals surface area (Å²) in [6.45, 7) is 1.76. The van der Waals surface area contributed by atoms with Crippen LogP contribution in [0.3, 0.4) is 0 Å². The minimum Gasteiger partial charge on any atom is -0.348 e. The zero-order valence-electron chi connectivity index (χ0n) is 12.7. The van der Waals surface area contributed by atoms with Crippen molar-refractivity contribution in [2.75, 3.05) is 6.54 Å². The Morgan fingerprint density at radius 1 is 1.13 bits per heavy atom. The lowest BCUT2D eigenvalue weighted by Crippen LogP contribution is -2.38. The lowest BCUT2D eigenvalue weighted by atomic mass is 10.1. The van der Waals surface area contributed by atoms with Gasteiger partial charge in [-0.1, -0.05) is 36.4 Å². The monoisotopic (exact) mass is 307 g/mol. The molecule has 1 atom stereocenters. The Bertz CT molecular complexity index is 735. The molecule has 5 heteroatoms. The molecule has 0 spiro atoms. The van der Waals surface area contributed by atoms with Crippen LogP contribution in [0.5, 0.6) is 0 Å². The van der Waals surface area contributed by atoms with Gasteiger partial charge in [0.05, 0.1) is 24.2 Å². The summed E-state index contributed by atoms with van der Waals surface area (Å²) in [5.41, 5.74) is 1.75. The summed E-state index contributed by atoms with van der Waals surface area (Å²) < 4.78 is 0. The topological polar surface area (TPSA) is 82.0 Å². The second kappa shape index (κ2) is 7.76. The highest BCUT2D eigenvalue weighted by atomic mass is 16.2. The van der Waals surface area contributed by atoms with Crippen molar-refractivity contribution in [2.24, 2.45) is 0 Å². The molecular weight excluding hydrogens is 290 g/mol. The second-order valence-electron chi connectivity index (χ2n) is 5.08. The molecule has 0 heterocycles. The molecule has 0 aliphatic heterocycles. The normalized spacial score (nSPS) is 11.1. The van der Waals surface area contributed by atoms with Gasteiger partial charge in [-0.2, -0.15) is 5.26 Å². The van der Waals surface area contributed by atoms with Gasteiger partial charge >= 0.3 is 0 Å². The molecule has 0 fully saturated rings. The average Bonchev–Trinajstić information content (AvgIpc) is 2.60. The van der Waals surface area contributed by atoms with Crippen LogP contribution in [0.4, 0.5) is 0 Å². The second-order valence-corrected chi connectivity index (χ2v) is 5.08. The van der Waals surface area contributed by atoms with Crippen LogP contribution in [0.1, 0.15) is 34.5 Å². The van der Waals surface area contributed by atoms with Crippen molar-refractivity contribution in [3.8, 4) is 6.07 Å². The standard InChI is InChI=1S/C18H17N3O2/c1-13(15-7-3-2-4-8-15)21-17(22)12-20-18(23)16-9-5-6-14(10-16)11-19/h2-10,13H,12H2,1H3,(H,20,23)(H,21,22)/t13-/m0/s1. The molecule has 2 amide bonds. The van der Waals surface area contributed by atoms with E-state index in [4.69, 9.17) is 5.26 Å². The summed E-state index contributed by atoms with van der Waals surface area (Å²) >= 11 is 0. The van der Waals surface area contributed by atoms with Crippen LogP contribution in [0.2, 0.25) is 0 Å². The number of carbonyl (C=O) groups is 2. The van der Waals surface area contributed by atoms with Gasteiger partial charge in [-0.25, -0.2) is 0 Å². The number of hydrogen-bond donors (Lipinski definition) is 2. The summed E-state index contributed by atoms with van der Waals surface area (Å²) in [6.07, 6.45) is 0. The van der Waals surface area contributed by atoms with Gasteiger partial charge in [0.1, 0.15) is 0 Å². The Balaban J connectivity index is 1.86. The van der Waals surface area contributed by atoms with Gasteiger partial charge in [0.15, 0.2) is 0 Å². The number of nitrogens with zero attached hydrogens (tertiary/aromatic N) is 1. The number of benzene rings is 2. The van der Waals surface area contributed by atoms with Crippen LogP contribution in [0.15, 0.2) is 54.6 Å². The van der Waals surface area contributed by atoms with Gasteiger partial charge in [-0.15, -0.1) is 0 Å². The number of carbonyl (C=O) groups excluding carboxylic acids is 2. The fourth-order valence-corrected chi connectivity index (χ4v) is 2.11. The van der Waals surface area contributed by atoms with Gasteiger partial charge in [0, 0.05) is 5.56 Å². The van der Waals surface area contributed by atoms with E-state index in [2.05, 4.69) is 10.6 Å². The molecule has 0 aliphatic carbocycles. The molecule has 0 saturated carbocycles. The molecule has 2 aromatic rings. The first-order valence-corrected chi connectivity index (χ1v) is 7.23. The van der Waals surface area contributed by atoms with Crippen LogP contribution in [-0.2, 0) is 4.79 Å². The van der Waals surface area contributed by atoms with Crippen LogP contribution < -0.4 is 10.6 Å². The average molecular weight is 307 g/mol. The molecule has 2 N–H and O–H groups in total. The molecule has 0 aromatic heterocycles. The predicted molar refractivity (Wildman–Crippen MR) is 86.5 cm³/mol. The SMILES string of the molecule is C[C@H](NC(=O)CNC(=O)c1cccc(C#N)c1)c1ccccc1. The molecule has 2 rings (SSSR count). The van der Waals surface area contributed by atoms with Crippen molar-refractivity contribution in [1.29, 1.82) is 5.26 Å². The molecule has 23 heavy (non-hydrogen) atoms. The van der Waals surface area contributed by atoms with E-state index in [-0.39, 0.29) is 24.4 Å². The van der Waals surface area contributed by atoms with E-state index in [1.165, 1.54) is 6.07 Å². The van der Waals surface area contributed by atoms with E-state index in [9.17, 15) is 9.59 Å². The first-order valence-electron chi connectivity index (χ1n) is 7.23. The van der Waals surface area contributed by atoms with Gasteiger partial charge in [0.2, 0.25) is 5.91 Å². The third kappa shape index (κ3) is 4.68. The van der Waals surface area contributed by atoms with Crippen molar-refractivity contribution >= 4 is 11.8 Å². The molecule has 5 nitrogen and oxygen atoms in total. The maximum absolute atomic E-state index is 12.0. The Labute approximate surface area is 134 Å². The molecule has 0 radical (unpaired) electrons. The quantitative estimate of drug-likeness (QED) is 0.888.